The van der Waals surface area contributed by atoms with Crippen molar-refractivity contribution in [3.05, 3.63) is 29.8 Å². The van der Waals surface area contributed by atoms with Crippen LogP contribution in [0.4, 0.5) is 5.69 Å². The first-order valence-corrected chi connectivity index (χ1v) is 5.95. The number of anilines is 1. The number of hydrogen-bond acceptors (Lipinski definition) is 4. The zero-order valence-corrected chi connectivity index (χ0v) is 10.9. The number of nitrogens with two attached hydrogens (primary N) is 2. The number of methoxy groups -OCH3 is 1. The second-order valence-electron chi connectivity index (χ2n) is 4.15. The van der Waals surface area contributed by atoms with Crippen LogP contribution >= 0.6 is 0 Å². The normalized spacial score (nSPS) is 11.9. The van der Waals surface area contributed by atoms with E-state index in [1.165, 1.54) is 7.11 Å². The molecule has 1 atom stereocenters. The largest absolute Gasteiger partial charge is 0.380 e. The van der Waals surface area contributed by atoms with Gasteiger partial charge in [0.2, 0.25) is 11.8 Å². The summed E-state index contributed by atoms with van der Waals surface area (Å²) in [6, 6.07) is 7.03. The van der Waals surface area contributed by atoms with Gasteiger partial charge in [0.05, 0.1) is 18.9 Å². The van der Waals surface area contributed by atoms with Gasteiger partial charge in [0.15, 0.2) is 0 Å². The summed E-state index contributed by atoms with van der Waals surface area (Å²) in [5.74, 6) is -0.660. The minimum Gasteiger partial charge on any atom is -0.380 e. The zero-order chi connectivity index (χ0) is 14.3. The van der Waals surface area contributed by atoms with Crippen molar-refractivity contribution in [1.29, 1.82) is 0 Å². The Labute approximate surface area is 112 Å². The Kier molecular flexibility index (Phi) is 5.98. The Bertz CT molecular complexity index is 445. The Morgan fingerprint density at radius 2 is 2.05 bits per heavy atom. The molecule has 2 amide bonds. The summed E-state index contributed by atoms with van der Waals surface area (Å²) in [5, 5.41) is 2.73. The lowest BCUT2D eigenvalue weighted by atomic mass is 10.1. The van der Waals surface area contributed by atoms with E-state index >= 15 is 0 Å². The number of benzene rings is 1. The van der Waals surface area contributed by atoms with Crippen LogP contribution in [0.5, 0.6) is 0 Å². The van der Waals surface area contributed by atoms with Crippen LogP contribution < -0.4 is 16.8 Å². The number of carbonyl (C=O) groups is 2. The Hall–Kier alpha value is -1.92. The third kappa shape index (κ3) is 5.07. The molecule has 0 aliphatic rings. The van der Waals surface area contributed by atoms with Crippen LogP contribution in [0.15, 0.2) is 24.3 Å². The van der Waals surface area contributed by atoms with Crippen molar-refractivity contribution in [2.45, 2.75) is 18.9 Å². The van der Waals surface area contributed by atoms with Gasteiger partial charge in [-0.25, -0.2) is 0 Å². The highest BCUT2D eigenvalue weighted by Gasteiger charge is 2.13. The number of rotatable bonds is 7. The van der Waals surface area contributed by atoms with E-state index in [9.17, 15) is 9.59 Å². The molecule has 1 aromatic carbocycles. The average Bonchev–Trinajstić information content (AvgIpc) is 2.37. The van der Waals surface area contributed by atoms with Crippen LogP contribution in [0.25, 0.3) is 0 Å². The molecule has 0 bridgehead atoms. The van der Waals surface area contributed by atoms with Crippen molar-refractivity contribution in [1.82, 2.24) is 0 Å². The fraction of sp³-hybridized carbons (Fsp3) is 0.385. The van der Waals surface area contributed by atoms with Gasteiger partial charge in [-0.1, -0.05) is 18.2 Å². The lowest BCUT2D eigenvalue weighted by molar-refractivity contribution is -0.119. The molecule has 1 aromatic rings. The van der Waals surface area contributed by atoms with Crippen LogP contribution in [-0.2, 0) is 20.7 Å². The van der Waals surface area contributed by atoms with Crippen molar-refractivity contribution >= 4 is 17.5 Å². The molecule has 0 saturated heterocycles. The number of primary amides is 1. The van der Waals surface area contributed by atoms with Crippen molar-refractivity contribution in [2.24, 2.45) is 11.5 Å². The molecule has 0 spiro atoms. The number of carbonyl (C=O) groups excluding carboxylic acids is 2. The quantitative estimate of drug-likeness (QED) is 0.645. The van der Waals surface area contributed by atoms with Gasteiger partial charge < -0.3 is 21.5 Å². The zero-order valence-electron chi connectivity index (χ0n) is 10.9. The Morgan fingerprint density at radius 1 is 1.37 bits per heavy atom. The second-order valence-corrected chi connectivity index (χ2v) is 4.15. The van der Waals surface area contributed by atoms with Crippen LogP contribution in [0.1, 0.15) is 12.0 Å². The van der Waals surface area contributed by atoms with Crippen molar-refractivity contribution in [3.63, 3.8) is 0 Å². The number of hydrogen-bond donors (Lipinski definition) is 3. The van der Waals surface area contributed by atoms with E-state index in [0.29, 0.717) is 11.3 Å². The molecule has 0 heterocycles. The molecule has 0 saturated carbocycles. The van der Waals surface area contributed by atoms with Gasteiger partial charge in [0, 0.05) is 19.3 Å². The SMILES string of the molecule is COC(CN)CC(=O)Nc1ccccc1CC(N)=O. The maximum Gasteiger partial charge on any atom is 0.227 e. The molecule has 6 heteroatoms. The highest BCUT2D eigenvalue weighted by atomic mass is 16.5. The van der Waals surface area contributed by atoms with Gasteiger partial charge in [-0.3, -0.25) is 9.59 Å². The first kappa shape index (κ1) is 15.1. The molecule has 0 aromatic heterocycles. The molecule has 104 valence electrons. The highest BCUT2D eigenvalue weighted by molar-refractivity contribution is 5.92. The van der Waals surface area contributed by atoms with Gasteiger partial charge in [-0.15, -0.1) is 0 Å². The van der Waals surface area contributed by atoms with Crippen LogP contribution in [0.3, 0.4) is 0 Å². The predicted octanol–water partition coefficient (Wildman–Crippen LogP) is 0.0167. The molecule has 6 nitrogen and oxygen atoms in total. The molecule has 0 radical (unpaired) electrons. The number of para-hydroxylation sites is 1. The van der Waals surface area contributed by atoms with E-state index in [0.717, 1.165) is 0 Å². The van der Waals surface area contributed by atoms with Gasteiger partial charge in [-0.05, 0) is 11.6 Å². The maximum atomic E-state index is 11.8. The molecular formula is C13H19N3O3. The van der Waals surface area contributed by atoms with Gasteiger partial charge >= 0.3 is 0 Å². The van der Waals surface area contributed by atoms with Crippen molar-refractivity contribution in [2.75, 3.05) is 19.0 Å². The Morgan fingerprint density at radius 3 is 2.63 bits per heavy atom. The third-order valence-corrected chi connectivity index (χ3v) is 2.67. The fourth-order valence-corrected chi connectivity index (χ4v) is 1.66. The van der Waals surface area contributed by atoms with E-state index in [2.05, 4.69) is 5.32 Å². The summed E-state index contributed by atoms with van der Waals surface area (Å²) in [4.78, 5) is 22.8. The van der Waals surface area contributed by atoms with Crippen LogP contribution in [0, 0.1) is 0 Å². The second kappa shape index (κ2) is 7.50. The molecule has 1 unspecified atom stereocenters. The maximum absolute atomic E-state index is 11.8. The van der Waals surface area contributed by atoms with E-state index in [1.54, 1.807) is 24.3 Å². The van der Waals surface area contributed by atoms with E-state index in [4.69, 9.17) is 16.2 Å². The monoisotopic (exact) mass is 265 g/mol. The smallest absolute Gasteiger partial charge is 0.227 e. The summed E-state index contributed by atoms with van der Waals surface area (Å²) in [7, 11) is 1.51. The lowest BCUT2D eigenvalue weighted by Gasteiger charge is -2.14. The van der Waals surface area contributed by atoms with Gasteiger partial charge in [0.25, 0.3) is 0 Å². The summed E-state index contributed by atoms with van der Waals surface area (Å²) >= 11 is 0. The van der Waals surface area contributed by atoms with Crippen LogP contribution in [-0.4, -0.2) is 31.6 Å². The summed E-state index contributed by atoms with van der Waals surface area (Å²) in [6.07, 6.45) is -0.0674. The molecule has 0 aliphatic heterocycles. The van der Waals surface area contributed by atoms with E-state index in [-0.39, 0.29) is 31.4 Å². The average molecular weight is 265 g/mol. The van der Waals surface area contributed by atoms with E-state index in [1.807, 2.05) is 0 Å². The van der Waals surface area contributed by atoms with E-state index < -0.39 is 5.91 Å². The van der Waals surface area contributed by atoms with Crippen molar-refractivity contribution < 1.29 is 14.3 Å². The standard InChI is InChI=1S/C13H19N3O3/c1-19-10(8-14)7-13(18)16-11-5-3-2-4-9(11)6-12(15)17/h2-5,10H,6-8,14H2,1H3,(H2,15,17)(H,16,18). The minimum absolute atomic E-state index is 0.0844. The molecule has 5 N–H and O–H groups in total. The van der Waals surface area contributed by atoms with Crippen LogP contribution in [0.2, 0.25) is 0 Å². The first-order chi connectivity index (χ1) is 9.06. The molecule has 0 fully saturated rings. The fourth-order valence-electron chi connectivity index (χ4n) is 1.66. The highest BCUT2D eigenvalue weighted by Crippen LogP contribution is 2.16. The molecule has 0 aliphatic carbocycles. The number of ether oxygens (including phenoxy) is 1. The topological polar surface area (TPSA) is 107 Å². The summed E-state index contributed by atoms with van der Waals surface area (Å²) in [6.45, 7) is 0.271. The third-order valence-electron chi connectivity index (χ3n) is 2.67. The van der Waals surface area contributed by atoms with Gasteiger partial charge in [0.1, 0.15) is 0 Å². The van der Waals surface area contributed by atoms with Gasteiger partial charge in [-0.2, -0.15) is 0 Å². The minimum atomic E-state index is -0.446. The number of nitrogens with one attached hydrogen (secondary N) is 1. The predicted molar refractivity (Wildman–Crippen MR) is 72.4 cm³/mol. The summed E-state index contributed by atoms with van der Waals surface area (Å²) < 4.78 is 5.04. The molecular weight excluding hydrogens is 246 g/mol. The Balaban J connectivity index is 2.70. The van der Waals surface area contributed by atoms with Crippen molar-refractivity contribution in [3.8, 4) is 0 Å². The first-order valence-electron chi connectivity index (χ1n) is 5.95. The lowest BCUT2D eigenvalue weighted by Crippen LogP contribution is -2.28. The molecule has 19 heavy (non-hydrogen) atoms. The molecule has 1 rings (SSSR count). The summed E-state index contributed by atoms with van der Waals surface area (Å²) in [5.41, 5.74) is 11.9. The number of amides is 2.